The molecule has 1 aromatic heterocycles. The molecule has 0 amide bonds. The molecule has 6 heteroatoms. The fraction of sp³-hybridized carbons (Fsp3) is 0.200. The van der Waals surface area contributed by atoms with Gasteiger partial charge in [-0.1, -0.05) is 41.1 Å². The molecule has 0 saturated heterocycles. The van der Waals surface area contributed by atoms with Crippen molar-refractivity contribution >= 4 is 34.7 Å². The van der Waals surface area contributed by atoms with Gasteiger partial charge in [-0.3, -0.25) is 9.36 Å². The van der Waals surface area contributed by atoms with E-state index in [9.17, 15) is 4.79 Å². The molecule has 3 aromatic rings. The highest BCUT2D eigenvalue weighted by Gasteiger charge is 2.16. The first-order valence-corrected chi connectivity index (χ1v) is 9.54. The van der Waals surface area contributed by atoms with E-state index in [2.05, 4.69) is 41.9 Å². The zero-order valence-electron chi connectivity index (χ0n) is 14.6. The molecule has 0 unspecified atom stereocenters. The molecule has 0 bridgehead atoms. The first-order chi connectivity index (χ1) is 12.5. The summed E-state index contributed by atoms with van der Waals surface area (Å²) < 4.78 is 2.41. The van der Waals surface area contributed by atoms with Gasteiger partial charge in [-0.25, -0.2) is 4.99 Å². The van der Waals surface area contributed by atoms with Crippen molar-refractivity contribution in [2.24, 2.45) is 4.99 Å². The second kappa shape index (κ2) is 6.74. The second-order valence-corrected chi connectivity index (χ2v) is 7.95. The molecule has 1 aliphatic rings. The minimum Gasteiger partial charge on any atom is -0.334 e. The van der Waals surface area contributed by atoms with Crippen LogP contribution in [-0.2, 0) is 6.67 Å². The van der Waals surface area contributed by atoms with Gasteiger partial charge in [0.2, 0.25) is 0 Å². The Morgan fingerprint density at radius 1 is 1.15 bits per heavy atom. The predicted molar refractivity (Wildman–Crippen MR) is 108 cm³/mol. The van der Waals surface area contributed by atoms with Crippen molar-refractivity contribution in [1.82, 2.24) is 4.57 Å². The molecule has 26 heavy (non-hydrogen) atoms. The molecule has 0 atom stereocenters. The number of thiazole rings is 1. The van der Waals surface area contributed by atoms with E-state index in [-0.39, 0.29) is 5.56 Å². The summed E-state index contributed by atoms with van der Waals surface area (Å²) in [5.74, 6) is 0. The van der Waals surface area contributed by atoms with Crippen LogP contribution in [0.1, 0.15) is 16.7 Å². The minimum absolute atomic E-state index is 0.0113. The van der Waals surface area contributed by atoms with E-state index < -0.39 is 0 Å². The van der Waals surface area contributed by atoms with Crippen molar-refractivity contribution in [2.45, 2.75) is 20.5 Å². The lowest BCUT2D eigenvalue weighted by molar-refractivity contribution is 0.569. The number of aromatic nitrogens is 1. The fourth-order valence-corrected chi connectivity index (χ4v) is 4.32. The van der Waals surface area contributed by atoms with Crippen LogP contribution >= 0.6 is 22.9 Å². The highest BCUT2D eigenvalue weighted by Crippen LogP contribution is 2.20. The summed E-state index contributed by atoms with van der Waals surface area (Å²) in [4.78, 5) is 20.3. The van der Waals surface area contributed by atoms with Crippen LogP contribution in [-0.4, -0.2) is 11.2 Å². The molecule has 1 aliphatic heterocycles. The summed E-state index contributed by atoms with van der Waals surface area (Å²) in [7, 11) is 0. The van der Waals surface area contributed by atoms with E-state index in [0.29, 0.717) is 22.9 Å². The number of hydrogen-bond acceptors (Lipinski definition) is 4. The number of halogens is 1. The normalized spacial score (nSPS) is 14.3. The van der Waals surface area contributed by atoms with Crippen molar-refractivity contribution in [1.29, 1.82) is 0 Å². The maximum absolute atomic E-state index is 12.8. The van der Waals surface area contributed by atoms with Gasteiger partial charge in [-0.2, -0.15) is 0 Å². The van der Waals surface area contributed by atoms with Gasteiger partial charge in [0.1, 0.15) is 13.3 Å². The van der Waals surface area contributed by atoms with E-state index in [4.69, 9.17) is 11.6 Å². The van der Waals surface area contributed by atoms with Crippen LogP contribution in [0.5, 0.6) is 0 Å². The molecule has 4 nitrogen and oxygen atoms in total. The van der Waals surface area contributed by atoms with Crippen LogP contribution in [0.4, 0.5) is 5.69 Å². The van der Waals surface area contributed by atoms with Crippen LogP contribution in [0.2, 0.25) is 5.02 Å². The number of fused-ring (bicyclic) bond motifs is 1. The van der Waals surface area contributed by atoms with Crippen LogP contribution in [0, 0.1) is 13.8 Å². The lowest BCUT2D eigenvalue weighted by Gasteiger charge is -2.26. The maximum Gasteiger partial charge on any atom is 0.271 e. The topological polar surface area (TPSA) is 37.6 Å². The first kappa shape index (κ1) is 17.1. The van der Waals surface area contributed by atoms with Crippen molar-refractivity contribution in [3.8, 4) is 0 Å². The largest absolute Gasteiger partial charge is 0.334 e. The molecule has 0 radical (unpaired) electrons. The molecule has 132 valence electrons. The second-order valence-electron chi connectivity index (χ2n) is 6.51. The van der Waals surface area contributed by atoms with Gasteiger partial charge in [-0.15, -0.1) is 0 Å². The highest BCUT2D eigenvalue weighted by molar-refractivity contribution is 7.07. The van der Waals surface area contributed by atoms with Crippen molar-refractivity contribution in [3.05, 3.63) is 83.9 Å². The fourth-order valence-electron chi connectivity index (χ4n) is 3.16. The number of rotatable bonds is 2. The molecule has 0 N–H and O–H groups in total. The molecule has 0 spiro atoms. The predicted octanol–water partition coefficient (Wildman–Crippen LogP) is 3.06. The average Bonchev–Trinajstić information content (AvgIpc) is 2.89. The third-order valence-corrected chi connectivity index (χ3v) is 5.57. The third kappa shape index (κ3) is 3.32. The quantitative estimate of drug-likeness (QED) is 0.682. The highest BCUT2D eigenvalue weighted by atomic mass is 35.5. The Morgan fingerprint density at radius 2 is 1.92 bits per heavy atom. The van der Waals surface area contributed by atoms with Gasteiger partial charge in [0.15, 0.2) is 4.80 Å². The average molecular weight is 384 g/mol. The summed E-state index contributed by atoms with van der Waals surface area (Å²) in [6, 6.07) is 13.9. The Labute approximate surface area is 160 Å². The Morgan fingerprint density at radius 3 is 2.65 bits per heavy atom. The zero-order chi connectivity index (χ0) is 18.3. The molecule has 4 rings (SSSR count). The molecule has 0 fully saturated rings. The van der Waals surface area contributed by atoms with Gasteiger partial charge in [0, 0.05) is 10.7 Å². The standard InChI is InChI=1S/C20H18ClN3OS/c1-13-6-14(2)8-17(7-13)23-11-22-20-24(12-23)19(25)18(26-20)10-15-4-3-5-16(21)9-15/h3-10H,11-12H2,1-2H3. The third-order valence-electron chi connectivity index (χ3n) is 4.29. The van der Waals surface area contributed by atoms with E-state index in [0.717, 1.165) is 16.1 Å². The van der Waals surface area contributed by atoms with E-state index in [1.807, 2.05) is 30.3 Å². The van der Waals surface area contributed by atoms with Gasteiger partial charge in [0.05, 0.1) is 4.53 Å². The Kier molecular flexibility index (Phi) is 4.42. The molecule has 0 aliphatic carbocycles. The Balaban J connectivity index is 1.73. The molecule has 0 saturated carbocycles. The number of nitrogens with zero attached hydrogens (tertiary/aromatic N) is 3. The summed E-state index contributed by atoms with van der Waals surface area (Å²) in [5, 5.41) is 0.658. The van der Waals surface area contributed by atoms with Gasteiger partial charge < -0.3 is 4.90 Å². The lowest BCUT2D eigenvalue weighted by Crippen LogP contribution is -2.42. The van der Waals surface area contributed by atoms with Crippen molar-refractivity contribution in [3.63, 3.8) is 0 Å². The summed E-state index contributed by atoms with van der Waals surface area (Å²) in [5.41, 5.74) is 4.41. The monoisotopic (exact) mass is 383 g/mol. The molecular weight excluding hydrogens is 366 g/mol. The molecular formula is C20H18ClN3OS. The van der Waals surface area contributed by atoms with Gasteiger partial charge >= 0.3 is 0 Å². The van der Waals surface area contributed by atoms with E-state index >= 15 is 0 Å². The number of benzene rings is 2. The molecule has 2 heterocycles. The van der Waals surface area contributed by atoms with Crippen LogP contribution in [0.15, 0.2) is 52.3 Å². The maximum atomic E-state index is 12.8. The van der Waals surface area contributed by atoms with Crippen molar-refractivity contribution in [2.75, 3.05) is 11.6 Å². The summed E-state index contributed by atoms with van der Waals surface area (Å²) in [6.07, 6.45) is 1.88. The number of anilines is 1. The molecule has 2 aromatic carbocycles. The van der Waals surface area contributed by atoms with Crippen LogP contribution in [0.25, 0.3) is 6.08 Å². The van der Waals surface area contributed by atoms with E-state index in [1.165, 1.54) is 22.5 Å². The van der Waals surface area contributed by atoms with Gasteiger partial charge in [-0.05, 0) is 60.9 Å². The zero-order valence-corrected chi connectivity index (χ0v) is 16.1. The van der Waals surface area contributed by atoms with E-state index in [1.54, 1.807) is 4.57 Å². The number of hydrogen-bond donors (Lipinski definition) is 0. The first-order valence-electron chi connectivity index (χ1n) is 8.34. The minimum atomic E-state index is -0.0113. The number of aryl methyl sites for hydroxylation is 2. The Bertz CT molecular complexity index is 1140. The van der Waals surface area contributed by atoms with Gasteiger partial charge in [0.25, 0.3) is 5.56 Å². The Hall–Kier alpha value is -2.37. The summed E-state index contributed by atoms with van der Waals surface area (Å²) in [6.45, 7) is 5.23. The smallest absolute Gasteiger partial charge is 0.271 e. The van der Waals surface area contributed by atoms with Crippen LogP contribution < -0.4 is 19.8 Å². The van der Waals surface area contributed by atoms with Crippen LogP contribution in [0.3, 0.4) is 0 Å². The SMILES string of the molecule is Cc1cc(C)cc(N2CN=c3sc(=Cc4cccc(Cl)c4)c(=O)n3C2)c1. The summed E-state index contributed by atoms with van der Waals surface area (Å²) >= 11 is 7.46. The van der Waals surface area contributed by atoms with Crippen molar-refractivity contribution < 1.29 is 0 Å². The lowest BCUT2D eigenvalue weighted by atomic mass is 10.1.